The van der Waals surface area contributed by atoms with E-state index in [-0.39, 0.29) is 19.1 Å². The molecule has 24 heavy (non-hydrogen) atoms. The number of rotatable bonds is 7. The van der Waals surface area contributed by atoms with Crippen LogP contribution in [0.1, 0.15) is 23.2 Å². The van der Waals surface area contributed by atoms with E-state index in [1.54, 1.807) is 18.4 Å². The lowest BCUT2D eigenvalue weighted by atomic mass is 10.2. The highest BCUT2D eigenvalue weighted by Gasteiger charge is 2.13. The normalized spacial score (nSPS) is 10.2. The second kappa shape index (κ2) is 9.02. The summed E-state index contributed by atoms with van der Waals surface area (Å²) in [7, 11) is 1.68. The molecule has 0 fully saturated rings. The first-order valence-electron chi connectivity index (χ1n) is 7.70. The van der Waals surface area contributed by atoms with E-state index in [0.717, 1.165) is 22.7 Å². The van der Waals surface area contributed by atoms with Crippen LogP contribution in [0.2, 0.25) is 0 Å². The minimum atomic E-state index is -0.609. The molecule has 1 aromatic heterocycles. The third kappa shape index (κ3) is 5.66. The van der Waals surface area contributed by atoms with Gasteiger partial charge in [0, 0.05) is 12.4 Å². The van der Waals surface area contributed by atoms with Gasteiger partial charge in [0.05, 0.1) is 17.2 Å². The smallest absolute Gasteiger partial charge is 0.407 e. The number of alkyl carbamates (subject to hydrolysis) is 1. The third-order valence-corrected chi connectivity index (χ3v) is 4.37. The van der Waals surface area contributed by atoms with Gasteiger partial charge >= 0.3 is 6.09 Å². The second-order valence-corrected chi connectivity index (χ2v) is 6.19. The van der Waals surface area contributed by atoms with Crippen LogP contribution in [0.4, 0.5) is 4.79 Å². The van der Waals surface area contributed by atoms with Crippen LogP contribution >= 0.6 is 11.3 Å². The number of hydrogen-bond donors (Lipinski definition) is 1. The largest absolute Gasteiger partial charge is 0.445 e. The lowest BCUT2D eigenvalue weighted by molar-refractivity contribution is -0.129. The van der Waals surface area contributed by atoms with Crippen LogP contribution in [0.25, 0.3) is 0 Å². The average Bonchev–Trinajstić information content (AvgIpc) is 3.06. The quantitative estimate of drug-likeness (QED) is 0.836. The van der Waals surface area contributed by atoms with E-state index < -0.39 is 6.09 Å². The Labute approximate surface area is 145 Å². The number of nitrogens with one attached hydrogen (secondary N) is 1. The van der Waals surface area contributed by atoms with Gasteiger partial charge in [-0.1, -0.05) is 37.3 Å². The van der Waals surface area contributed by atoms with Gasteiger partial charge in [-0.3, -0.25) is 4.79 Å². The molecule has 0 saturated carbocycles. The Morgan fingerprint density at radius 3 is 2.71 bits per heavy atom. The highest BCUT2D eigenvalue weighted by Crippen LogP contribution is 2.11. The van der Waals surface area contributed by atoms with Crippen molar-refractivity contribution < 1.29 is 14.3 Å². The Morgan fingerprint density at radius 2 is 2.04 bits per heavy atom. The molecule has 1 aromatic carbocycles. The average molecular weight is 347 g/mol. The van der Waals surface area contributed by atoms with Crippen LogP contribution < -0.4 is 5.32 Å². The Morgan fingerprint density at radius 1 is 1.29 bits per heavy atom. The van der Waals surface area contributed by atoms with Crippen molar-refractivity contribution in [2.75, 3.05) is 13.6 Å². The lowest BCUT2D eigenvalue weighted by Gasteiger charge is -2.16. The standard InChI is InChI=1S/C17H21N3O3S/c1-3-15-19-14(12-24-15)10-20(2)16(21)9-18-17(22)23-11-13-7-5-4-6-8-13/h4-8,12H,3,9-11H2,1-2H3,(H,18,22). The first-order chi connectivity index (χ1) is 11.6. The van der Waals surface area contributed by atoms with Gasteiger partial charge < -0.3 is 15.0 Å². The van der Waals surface area contributed by atoms with Gasteiger partial charge in [-0.15, -0.1) is 11.3 Å². The van der Waals surface area contributed by atoms with Crippen molar-refractivity contribution >= 4 is 23.3 Å². The van der Waals surface area contributed by atoms with E-state index >= 15 is 0 Å². The monoisotopic (exact) mass is 347 g/mol. The number of benzene rings is 1. The molecule has 6 nitrogen and oxygen atoms in total. The van der Waals surface area contributed by atoms with Gasteiger partial charge in [0.2, 0.25) is 5.91 Å². The number of hydrogen-bond acceptors (Lipinski definition) is 5. The number of likely N-dealkylation sites (N-methyl/N-ethyl adjacent to an activating group) is 1. The zero-order chi connectivity index (χ0) is 17.4. The minimum absolute atomic E-state index is 0.102. The molecule has 0 spiro atoms. The number of nitrogens with zero attached hydrogens (tertiary/aromatic N) is 2. The van der Waals surface area contributed by atoms with Crippen LogP contribution in [-0.2, 0) is 29.1 Å². The van der Waals surface area contributed by atoms with Crippen LogP contribution in [0.15, 0.2) is 35.7 Å². The molecule has 0 radical (unpaired) electrons. The summed E-state index contributed by atoms with van der Waals surface area (Å²) in [6.07, 6.45) is 0.277. The van der Waals surface area contributed by atoms with Crippen molar-refractivity contribution in [3.63, 3.8) is 0 Å². The topological polar surface area (TPSA) is 71.5 Å². The van der Waals surface area contributed by atoms with Gasteiger partial charge in [0.15, 0.2) is 0 Å². The molecule has 0 atom stereocenters. The summed E-state index contributed by atoms with van der Waals surface area (Å²) in [4.78, 5) is 29.6. The molecule has 0 saturated heterocycles. The SMILES string of the molecule is CCc1nc(CN(C)C(=O)CNC(=O)OCc2ccccc2)cs1. The number of amides is 2. The molecular formula is C17H21N3O3S. The molecule has 0 aliphatic carbocycles. The molecule has 1 heterocycles. The van der Waals surface area contributed by atoms with Crippen LogP contribution in [0, 0.1) is 0 Å². The minimum Gasteiger partial charge on any atom is -0.445 e. The predicted molar refractivity (Wildman–Crippen MR) is 92.6 cm³/mol. The van der Waals surface area contributed by atoms with Crippen molar-refractivity contribution in [2.24, 2.45) is 0 Å². The maximum absolute atomic E-state index is 12.0. The first-order valence-corrected chi connectivity index (χ1v) is 8.58. The predicted octanol–water partition coefficient (Wildman–Crippen LogP) is 2.59. The van der Waals surface area contributed by atoms with Gasteiger partial charge in [-0.05, 0) is 12.0 Å². The molecule has 2 amide bonds. The van der Waals surface area contributed by atoms with Crippen LogP contribution in [0.5, 0.6) is 0 Å². The number of aromatic nitrogens is 1. The van der Waals surface area contributed by atoms with Crippen molar-refractivity contribution in [1.29, 1.82) is 0 Å². The van der Waals surface area contributed by atoms with E-state index in [1.165, 1.54) is 4.90 Å². The van der Waals surface area contributed by atoms with E-state index in [1.807, 2.05) is 42.6 Å². The molecule has 0 aliphatic rings. The number of ether oxygens (including phenoxy) is 1. The molecule has 7 heteroatoms. The fraction of sp³-hybridized carbons (Fsp3) is 0.353. The molecule has 0 unspecified atom stereocenters. The Balaban J connectivity index is 1.70. The Hall–Kier alpha value is -2.41. The van der Waals surface area contributed by atoms with E-state index in [9.17, 15) is 9.59 Å². The van der Waals surface area contributed by atoms with Crippen molar-refractivity contribution in [3.05, 3.63) is 52.0 Å². The molecule has 0 bridgehead atoms. The molecule has 2 rings (SSSR count). The Kier molecular flexibility index (Phi) is 6.74. The summed E-state index contributed by atoms with van der Waals surface area (Å²) in [5.41, 5.74) is 1.76. The summed E-state index contributed by atoms with van der Waals surface area (Å²) in [5.74, 6) is -0.197. The van der Waals surface area contributed by atoms with Gasteiger partial charge in [0.1, 0.15) is 13.2 Å². The number of carbonyl (C=O) groups excluding carboxylic acids is 2. The number of thiazole rings is 1. The Bertz CT molecular complexity index is 673. The zero-order valence-electron chi connectivity index (χ0n) is 13.8. The maximum atomic E-state index is 12.0. The van der Waals surface area contributed by atoms with Crippen LogP contribution in [0.3, 0.4) is 0 Å². The lowest BCUT2D eigenvalue weighted by Crippen LogP contribution is -2.38. The fourth-order valence-corrected chi connectivity index (χ4v) is 2.71. The third-order valence-electron chi connectivity index (χ3n) is 3.32. The summed E-state index contributed by atoms with van der Waals surface area (Å²) in [5, 5.41) is 5.46. The highest BCUT2D eigenvalue weighted by molar-refractivity contribution is 7.09. The van der Waals surface area contributed by atoms with Crippen LogP contribution in [-0.4, -0.2) is 35.5 Å². The molecule has 1 N–H and O–H groups in total. The summed E-state index contributed by atoms with van der Waals surface area (Å²) < 4.78 is 5.06. The summed E-state index contributed by atoms with van der Waals surface area (Å²) in [6, 6.07) is 9.37. The second-order valence-electron chi connectivity index (χ2n) is 5.25. The first kappa shape index (κ1) is 17.9. The fourth-order valence-electron chi connectivity index (χ4n) is 1.97. The van der Waals surface area contributed by atoms with E-state index in [0.29, 0.717) is 6.54 Å². The molecule has 128 valence electrons. The number of carbonyl (C=O) groups is 2. The van der Waals surface area contributed by atoms with E-state index in [2.05, 4.69) is 10.3 Å². The zero-order valence-corrected chi connectivity index (χ0v) is 14.6. The number of aryl methyl sites for hydroxylation is 1. The molecule has 2 aromatic rings. The molecular weight excluding hydrogens is 326 g/mol. The van der Waals surface area contributed by atoms with Gasteiger partial charge in [0.25, 0.3) is 0 Å². The van der Waals surface area contributed by atoms with Gasteiger partial charge in [-0.2, -0.15) is 0 Å². The van der Waals surface area contributed by atoms with E-state index in [4.69, 9.17) is 4.74 Å². The van der Waals surface area contributed by atoms with Gasteiger partial charge in [-0.25, -0.2) is 9.78 Å². The van der Waals surface area contributed by atoms with Crippen molar-refractivity contribution in [3.8, 4) is 0 Å². The maximum Gasteiger partial charge on any atom is 0.407 e. The summed E-state index contributed by atoms with van der Waals surface area (Å²) >= 11 is 1.59. The molecule has 0 aliphatic heterocycles. The summed E-state index contributed by atoms with van der Waals surface area (Å²) in [6.45, 7) is 2.54. The van der Waals surface area contributed by atoms with Crippen molar-refractivity contribution in [1.82, 2.24) is 15.2 Å². The van der Waals surface area contributed by atoms with Crippen molar-refractivity contribution in [2.45, 2.75) is 26.5 Å². The highest BCUT2D eigenvalue weighted by atomic mass is 32.1.